The Morgan fingerprint density at radius 2 is 2.00 bits per heavy atom. The van der Waals surface area contributed by atoms with Gasteiger partial charge in [0.15, 0.2) is 0 Å². The molecule has 1 aliphatic rings. The van der Waals surface area contributed by atoms with E-state index in [9.17, 15) is 0 Å². The third-order valence-electron chi connectivity index (χ3n) is 2.54. The van der Waals surface area contributed by atoms with Gasteiger partial charge < -0.3 is 9.64 Å². The van der Waals surface area contributed by atoms with Gasteiger partial charge in [-0.25, -0.2) is 0 Å². The van der Waals surface area contributed by atoms with Crippen LogP contribution in [-0.4, -0.2) is 41.8 Å². The van der Waals surface area contributed by atoms with Crippen LogP contribution in [0.2, 0.25) is 10.6 Å². The monoisotopic (exact) mass is 262 g/mol. The summed E-state index contributed by atoms with van der Waals surface area (Å²) in [6.45, 7) is 2.51. The first kappa shape index (κ1) is 11.8. The van der Waals surface area contributed by atoms with Crippen molar-refractivity contribution in [2.45, 2.75) is 6.42 Å². The summed E-state index contributed by atoms with van der Waals surface area (Å²) in [5, 5.41) is 0.260. The van der Waals surface area contributed by atoms with Crippen LogP contribution >= 0.6 is 23.2 Å². The molecule has 2 rings (SSSR count). The highest BCUT2D eigenvalue weighted by atomic mass is 35.5. The molecule has 5 nitrogen and oxygen atoms in total. The van der Waals surface area contributed by atoms with Crippen molar-refractivity contribution in [1.82, 2.24) is 15.0 Å². The number of anilines is 1. The predicted molar refractivity (Wildman–Crippen MR) is 62.0 cm³/mol. The SMILES string of the molecule is COCC1CCN(c2nc(Cl)nc(Cl)n2)C1. The van der Waals surface area contributed by atoms with Gasteiger partial charge in [-0.15, -0.1) is 0 Å². The van der Waals surface area contributed by atoms with Gasteiger partial charge in [0.05, 0.1) is 6.61 Å². The van der Waals surface area contributed by atoms with Crippen molar-refractivity contribution in [1.29, 1.82) is 0 Å². The van der Waals surface area contributed by atoms with E-state index in [2.05, 4.69) is 15.0 Å². The van der Waals surface area contributed by atoms with Crippen LogP contribution in [0.1, 0.15) is 6.42 Å². The lowest BCUT2D eigenvalue weighted by Crippen LogP contribution is -2.23. The lowest BCUT2D eigenvalue weighted by molar-refractivity contribution is 0.161. The van der Waals surface area contributed by atoms with Crippen LogP contribution in [0.15, 0.2) is 0 Å². The van der Waals surface area contributed by atoms with Crippen LogP contribution in [0.4, 0.5) is 5.95 Å². The third-order valence-corrected chi connectivity index (χ3v) is 2.88. The van der Waals surface area contributed by atoms with Crippen LogP contribution in [-0.2, 0) is 4.74 Å². The minimum absolute atomic E-state index is 0.130. The molecule has 1 aromatic heterocycles. The Balaban J connectivity index is 2.08. The van der Waals surface area contributed by atoms with Gasteiger partial charge in [-0.1, -0.05) is 0 Å². The highest BCUT2D eigenvalue weighted by Gasteiger charge is 2.24. The topological polar surface area (TPSA) is 51.1 Å². The molecular weight excluding hydrogens is 251 g/mol. The average Bonchev–Trinajstić information content (AvgIpc) is 2.65. The minimum Gasteiger partial charge on any atom is -0.384 e. The summed E-state index contributed by atoms with van der Waals surface area (Å²) in [6.07, 6.45) is 1.06. The molecule has 16 heavy (non-hydrogen) atoms. The maximum Gasteiger partial charge on any atom is 0.230 e. The quantitative estimate of drug-likeness (QED) is 0.829. The van der Waals surface area contributed by atoms with Crippen molar-refractivity contribution in [2.75, 3.05) is 31.7 Å². The molecule has 1 atom stereocenters. The van der Waals surface area contributed by atoms with E-state index < -0.39 is 0 Å². The normalized spacial score (nSPS) is 20.4. The molecule has 7 heteroatoms. The molecule has 1 unspecified atom stereocenters. The summed E-state index contributed by atoms with van der Waals surface area (Å²) in [7, 11) is 1.71. The van der Waals surface area contributed by atoms with E-state index in [-0.39, 0.29) is 10.6 Å². The molecule has 0 bridgehead atoms. The highest BCUT2D eigenvalue weighted by Crippen LogP contribution is 2.22. The first-order valence-electron chi connectivity index (χ1n) is 5.00. The summed E-state index contributed by atoms with van der Waals surface area (Å²) >= 11 is 11.5. The van der Waals surface area contributed by atoms with Crippen LogP contribution in [0, 0.1) is 5.92 Å². The van der Waals surface area contributed by atoms with Gasteiger partial charge >= 0.3 is 0 Å². The zero-order chi connectivity index (χ0) is 11.5. The zero-order valence-corrected chi connectivity index (χ0v) is 10.4. The van der Waals surface area contributed by atoms with E-state index in [0.717, 1.165) is 26.1 Å². The number of halogens is 2. The van der Waals surface area contributed by atoms with Gasteiger partial charge in [0.1, 0.15) is 0 Å². The van der Waals surface area contributed by atoms with Gasteiger partial charge in [0, 0.05) is 26.1 Å². The van der Waals surface area contributed by atoms with E-state index in [1.807, 2.05) is 4.90 Å². The Morgan fingerprint density at radius 3 is 2.62 bits per heavy atom. The second kappa shape index (κ2) is 5.12. The summed E-state index contributed by atoms with van der Waals surface area (Å²) in [5.74, 6) is 1.06. The van der Waals surface area contributed by atoms with Gasteiger partial charge in [0.2, 0.25) is 16.5 Å². The fourth-order valence-corrected chi connectivity index (χ4v) is 2.20. The van der Waals surface area contributed by atoms with E-state index in [1.165, 1.54) is 0 Å². The van der Waals surface area contributed by atoms with Gasteiger partial charge in [-0.05, 0) is 29.6 Å². The van der Waals surface area contributed by atoms with E-state index in [1.54, 1.807) is 7.11 Å². The molecule has 2 heterocycles. The van der Waals surface area contributed by atoms with Crippen molar-refractivity contribution in [2.24, 2.45) is 5.92 Å². The fourth-order valence-electron chi connectivity index (χ4n) is 1.84. The standard InChI is InChI=1S/C9H12Cl2N4O/c1-16-5-6-2-3-15(4-6)9-13-7(10)12-8(11)14-9/h6H,2-5H2,1H3. The van der Waals surface area contributed by atoms with Gasteiger partial charge in [0.25, 0.3) is 0 Å². The number of hydrogen-bond acceptors (Lipinski definition) is 5. The molecular formula is C9H12Cl2N4O. The molecule has 1 aliphatic heterocycles. The summed E-state index contributed by atoms with van der Waals surface area (Å²) in [5.41, 5.74) is 0. The maximum atomic E-state index is 5.73. The third kappa shape index (κ3) is 2.72. The van der Waals surface area contributed by atoms with Crippen LogP contribution in [0.5, 0.6) is 0 Å². The largest absolute Gasteiger partial charge is 0.384 e. The van der Waals surface area contributed by atoms with Crippen molar-refractivity contribution >= 4 is 29.2 Å². The lowest BCUT2D eigenvalue weighted by Gasteiger charge is -2.15. The number of aromatic nitrogens is 3. The van der Waals surface area contributed by atoms with Crippen molar-refractivity contribution in [3.8, 4) is 0 Å². The molecule has 0 amide bonds. The Bertz CT molecular complexity index is 356. The molecule has 1 saturated heterocycles. The van der Waals surface area contributed by atoms with Crippen LogP contribution in [0.3, 0.4) is 0 Å². The van der Waals surface area contributed by atoms with Crippen molar-refractivity contribution in [3.05, 3.63) is 10.6 Å². The molecule has 0 spiro atoms. The molecule has 0 aromatic carbocycles. The Kier molecular flexibility index (Phi) is 3.78. The lowest BCUT2D eigenvalue weighted by atomic mass is 10.1. The first-order valence-corrected chi connectivity index (χ1v) is 5.75. The summed E-state index contributed by atoms with van der Waals surface area (Å²) < 4.78 is 5.13. The molecule has 0 saturated carbocycles. The number of hydrogen-bond donors (Lipinski definition) is 0. The molecule has 0 radical (unpaired) electrons. The highest BCUT2D eigenvalue weighted by molar-refractivity contribution is 6.31. The summed E-state index contributed by atoms with van der Waals surface area (Å²) in [6, 6.07) is 0. The van der Waals surface area contributed by atoms with E-state index >= 15 is 0 Å². The molecule has 0 N–H and O–H groups in total. The number of ether oxygens (including phenoxy) is 1. The van der Waals surface area contributed by atoms with Crippen molar-refractivity contribution in [3.63, 3.8) is 0 Å². The van der Waals surface area contributed by atoms with Crippen LogP contribution < -0.4 is 4.90 Å². The van der Waals surface area contributed by atoms with E-state index in [4.69, 9.17) is 27.9 Å². The number of rotatable bonds is 3. The smallest absolute Gasteiger partial charge is 0.230 e. The second-order valence-corrected chi connectivity index (χ2v) is 4.41. The average molecular weight is 263 g/mol. The fraction of sp³-hybridized carbons (Fsp3) is 0.667. The minimum atomic E-state index is 0.130. The number of nitrogens with zero attached hydrogens (tertiary/aromatic N) is 4. The second-order valence-electron chi connectivity index (χ2n) is 3.73. The zero-order valence-electron chi connectivity index (χ0n) is 8.86. The molecule has 1 aromatic rings. The predicted octanol–water partition coefficient (Wildman–Crippen LogP) is 1.65. The van der Waals surface area contributed by atoms with E-state index in [0.29, 0.717) is 11.9 Å². The molecule has 0 aliphatic carbocycles. The van der Waals surface area contributed by atoms with Gasteiger partial charge in [-0.2, -0.15) is 15.0 Å². The first-order chi connectivity index (χ1) is 7.69. The van der Waals surface area contributed by atoms with Gasteiger partial charge in [-0.3, -0.25) is 0 Å². The Labute approximate surface area is 104 Å². The van der Waals surface area contributed by atoms with Crippen molar-refractivity contribution < 1.29 is 4.74 Å². The Morgan fingerprint density at radius 1 is 1.31 bits per heavy atom. The maximum absolute atomic E-state index is 5.73. The molecule has 88 valence electrons. The Hall–Kier alpha value is -0.650. The van der Waals surface area contributed by atoms with Crippen LogP contribution in [0.25, 0.3) is 0 Å². The molecule has 1 fully saturated rings. The number of methoxy groups -OCH3 is 1. The summed E-state index contributed by atoms with van der Waals surface area (Å²) in [4.78, 5) is 13.9.